The van der Waals surface area contributed by atoms with Crippen LogP contribution in [0.1, 0.15) is 37.5 Å². The molecule has 3 atom stereocenters. The van der Waals surface area contributed by atoms with Gasteiger partial charge in [0, 0.05) is 12.1 Å². The molecule has 2 aromatic carbocycles. The lowest BCUT2D eigenvalue weighted by Gasteiger charge is -2.25. The van der Waals surface area contributed by atoms with Gasteiger partial charge in [-0.15, -0.1) is 0 Å². The van der Waals surface area contributed by atoms with E-state index >= 15 is 0 Å². The molecule has 0 spiro atoms. The summed E-state index contributed by atoms with van der Waals surface area (Å²) in [5, 5.41) is 24.0. The summed E-state index contributed by atoms with van der Waals surface area (Å²) >= 11 is 4.18. The molecule has 0 unspecified atom stereocenters. The molecule has 0 aliphatic carbocycles. The number of phenols is 1. The third-order valence-corrected chi connectivity index (χ3v) is 5.76. The SMILES string of the molecule is C[C@H](CCc1ccccc1)N[C@@H](C)[C@H](O)c1cc(I)c(O)c(I)c1. The largest absolute Gasteiger partial charge is 0.506 e. The highest BCUT2D eigenvalue weighted by Crippen LogP contribution is 2.30. The van der Waals surface area contributed by atoms with E-state index < -0.39 is 6.10 Å². The first kappa shape index (κ1) is 19.9. The van der Waals surface area contributed by atoms with Gasteiger partial charge in [-0.25, -0.2) is 0 Å². The van der Waals surface area contributed by atoms with E-state index in [9.17, 15) is 10.2 Å². The number of aliphatic hydroxyl groups is 1. The van der Waals surface area contributed by atoms with Crippen LogP contribution in [-0.2, 0) is 6.42 Å². The van der Waals surface area contributed by atoms with Gasteiger partial charge in [0.05, 0.1) is 13.2 Å². The van der Waals surface area contributed by atoms with Gasteiger partial charge in [-0.2, -0.15) is 0 Å². The molecule has 0 amide bonds. The average molecular weight is 551 g/mol. The highest BCUT2D eigenvalue weighted by molar-refractivity contribution is 14.1. The fourth-order valence-corrected chi connectivity index (χ4v) is 4.51. The van der Waals surface area contributed by atoms with E-state index in [4.69, 9.17) is 0 Å². The third-order valence-electron chi connectivity index (χ3n) is 4.11. The molecule has 2 rings (SSSR count). The van der Waals surface area contributed by atoms with Gasteiger partial charge >= 0.3 is 0 Å². The molecular weight excluding hydrogens is 528 g/mol. The lowest BCUT2D eigenvalue weighted by molar-refractivity contribution is 0.129. The zero-order chi connectivity index (χ0) is 17.7. The number of benzene rings is 2. The first-order chi connectivity index (χ1) is 11.4. The molecule has 0 heterocycles. The lowest BCUT2D eigenvalue weighted by atomic mass is 10.0. The topological polar surface area (TPSA) is 52.5 Å². The van der Waals surface area contributed by atoms with Crippen molar-refractivity contribution < 1.29 is 10.2 Å². The number of aryl methyl sites for hydroxylation is 1. The van der Waals surface area contributed by atoms with Crippen molar-refractivity contribution in [1.29, 1.82) is 0 Å². The maximum atomic E-state index is 10.6. The van der Waals surface area contributed by atoms with E-state index in [1.807, 2.05) is 25.1 Å². The van der Waals surface area contributed by atoms with Crippen molar-refractivity contribution >= 4 is 45.2 Å². The fraction of sp³-hybridized carbons (Fsp3) is 0.368. The number of aromatic hydroxyl groups is 1. The highest BCUT2D eigenvalue weighted by atomic mass is 127. The molecular formula is C19H23I2NO2. The van der Waals surface area contributed by atoms with Crippen molar-refractivity contribution in [3.8, 4) is 5.75 Å². The summed E-state index contributed by atoms with van der Waals surface area (Å²) in [5.41, 5.74) is 2.17. The molecule has 0 saturated carbocycles. The zero-order valence-electron chi connectivity index (χ0n) is 13.8. The number of hydrogen-bond donors (Lipinski definition) is 3. The molecule has 0 aliphatic rings. The lowest BCUT2D eigenvalue weighted by Crippen LogP contribution is -2.38. The predicted molar refractivity (Wildman–Crippen MR) is 115 cm³/mol. The summed E-state index contributed by atoms with van der Waals surface area (Å²) in [6.07, 6.45) is 1.44. The van der Waals surface area contributed by atoms with Gasteiger partial charge in [0.2, 0.25) is 0 Å². The standard InChI is InChI=1S/C19H23I2NO2/c1-12(8-9-14-6-4-3-5-7-14)22-13(2)18(23)15-10-16(20)19(24)17(21)11-15/h3-7,10-13,18,22-24H,8-9H2,1-2H3/t12-,13+,18+/m1/s1. The molecule has 0 saturated heterocycles. The van der Waals surface area contributed by atoms with Gasteiger partial charge in [0.15, 0.2) is 0 Å². The summed E-state index contributed by atoms with van der Waals surface area (Å²) in [7, 11) is 0. The first-order valence-corrected chi connectivity index (χ1v) is 10.2. The van der Waals surface area contributed by atoms with Crippen LogP contribution in [0.3, 0.4) is 0 Å². The Bertz CT molecular complexity index is 641. The van der Waals surface area contributed by atoms with Crippen molar-refractivity contribution in [1.82, 2.24) is 5.32 Å². The molecule has 130 valence electrons. The molecule has 0 aromatic heterocycles. The van der Waals surface area contributed by atoms with E-state index in [0.29, 0.717) is 6.04 Å². The normalized spacial score (nSPS) is 15.0. The maximum Gasteiger partial charge on any atom is 0.142 e. The van der Waals surface area contributed by atoms with Gasteiger partial charge in [0.1, 0.15) is 5.75 Å². The quantitative estimate of drug-likeness (QED) is 0.440. The van der Waals surface area contributed by atoms with Crippen LogP contribution in [0.25, 0.3) is 0 Å². The van der Waals surface area contributed by atoms with Crippen LogP contribution in [0.15, 0.2) is 42.5 Å². The van der Waals surface area contributed by atoms with Crippen molar-refractivity contribution in [3.05, 3.63) is 60.7 Å². The Morgan fingerprint density at radius 1 is 1.04 bits per heavy atom. The van der Waals surface area contributed by atoms with Crippen LogP contribution in [0.5, 0.6) is 5.75 Å². The van der Waals surface area contributed by atoms with Crippen LogP contribution >= 0.6 is 45.2 Å². The van der Waals surface area contributed by atoms with Crippen molar-refractivity contribution in [2.24, 2.45) is 0 Å². The molecule has 2 aromatic rings. The average Bonchev–Trinajstić information content (AvgIpc) is 2.57. The second-order valence-corrected chi connectivity index (χ2v) is 8.48. The zero-order valence-corrected chi connectivity index (χ0v) is 18.2. The Morgan fingerprint density at radius 3 is 2.21 bits per heavy atom. The predicted octanol–water partition coefficient (Wildman–Crippen LogP) is 4.63. The number of halogens is 2. The Balaban J connectivity index is 1.92. The minimum absolute atomic E-state index is 0.0630. The van der Waals surface area contributed by atoms with Crippen molar-refractivity contribution in [2.45, 2.75) is 44.9 Å². The van der Waals surface area contributed by atoms with Gasteiger partial charge in [0.25, 0.3) is 0 Å². The Hall–Kier alpha value is -0.380. The highest BCUT2D eigenvalue weighted by Gasteiger charge is 2.20. The Labute approximate surface area is 171 Å². The molecule has 24 heavy (non-hydrogen) atoms. The molecule has 3 nitrogen and oxygen atoms in total. The van der Waals surface area contributed by atoms with Crippen LogP contribution in [0.2, 0.25) is 0 Å². The summed E-state index contributed by atoms with van der Waals surface area (Å²) in [4.78, 5) is 0. The van der Waals surface area contributed by atoms with Gasteiger partial charge < -0.3 is 15.5 Å². The third kappa shape index (κ3) is 5.57. The number of hydrogen-bond acceptors (Lipinski definition) is 3. The van der Waals surface area contributed by atoms with E-state index in [1.165, 1.54) is 5.56 Å². The van der Waals surface area contributed by atoms with Crippen LogP contribution in [0.4, 0.5) is 0 Å². The van der Waals surface area contributed by atoms with Gasteiger partial charge in [-0.1, -0.05) is 30.3 Å². The minimum atomic E-state index is -0.605. The monoisotopic (exact) mass is 551 g/mol. The minimum Gasteiger partial charge on any atom is -0.506 e. The first-order valence-electron chi connectivity index (χ1n) is 8.04. The number of nitrogens with one attached hydrogen (secondary N) is 1. The number of phenolic OH excluding ortho intramolecular Hbond substituents is 1. The number of rotatable bonds is 7. The second-order valence-electron chi connectivity index (χ2n) is 6.16. The van der Waals surface area contributed by atoms with Crippen molar-refractivity contribution in [3.63, 3.8) is 0 Å². The summed E-state index contributed by atoms with van der Waals surface area (Å²) < 4.78 is 1.52. The molecule has 3 N–H and O–H groups in total. The second kappa shape index (κ2) is 9.35. The fourth-order valence-electron chi connectivity index (χ4n) is 2.70. The summed E-state index contributed by atoms with van der Waals surface area (Å²) in [5.74, 6) is 0.281. The van der Waals surface area contributed by atoms with E-state index in [1.54, 1.807) is 0 Å². The van der Waals surface area contributed by atoms with Crippen molar-refractivity contribution in [2.75, 3.05) is 0 Å². The molecule has 0 radical (unpaired) electrons. The van der Waals surface area contributed by atoms with Gasteiger partial charge in [-0.3, -0.25) is 0 Å². The van der Waals surface area contributed by atoms with Crippen LogP contribution in [0, 0.1) is 7.14 Å². The molecule has 0 aliphatic heterocycles. The molecule has 5 heteroatoms. The molecule has 0 fully saturated rings. The summed E-state index contributed by atoms with van der Waals surface area (Å²) in [6, 6.07) is 14.4. The Kier molecular flexibility index (Phi) is 7.77. The smallest absolute Gasteiger partial charge is 0.142 e. The van der Waals surface area contributed by atoms with E-state index in [0.717, 1.165) is 25.5 Å². The maximum absolute atomic E-state index is 10.6. The summed E-state index contributed by atoms with van der Waals surface area (Å²) in [6.45, 7) is 4.15. The Morgan fingerprint density at radius 2 is 1.62 bits per heavy atom. The van der Waals surface area contributed by atoms with Crippen LogP contribution < -0.4 is 5.32 Å². The molecule has 0 bridgehead atoms. The van der Waals surface area contributed by atoms with E-state index in [-0.39, 0.29) is 11.8 Å². The van der Waals surface area contributed by atoms with Crippen LogP contribution in [-0.4, -0.2) is 22.3 Å². The number of aliphatic hydroxyl groups excluding tert-OH is 1. The van der Waals surface area contributed by atoms with Gasteiger partial charge in [-0.05, 0) is 95.1 Å². The van der Waals surface area contributed by atoms with E-state index in [2.05, 4.69) is 81.7 Å².